The van der Waals surface area contributed by atoms with Crippen LogP contribution in [0.1, 0.15) is 11.1 Å². The number of esters is 1. The van der Waals surface area contributed by atoms with Crippen LogP contribution in [0.5, 0.6) is 5.75 Å². The highest BCUT2D eigenvalue weighted by Gasteiger charge is 2.27. The van der Waals surface area contributed by atoms with Gasteiger partial charge in [0.15, 0.2) is 0 Å². The summed E-state index contributed by atoms with van der Waals surface area (Å²) >= 11 is 5.90. The molecular formula is C16H12ClNO3. The highest BCUT2D eigenvalue weighted by Crippen LogP contribution is 2.33. The molecule has 0 N–H and O–H groups in total. The van der Waals surface area contributed by atoms with E-state index in [0.717, 1.165) is 16.9 Å². The van der Waals surface area contributed by atoms with Gasteiger partial charge in [0.25, 0.3) is 0 Å². The molecule has 2 aromatic rings. The van der Waals surface area contributed by atoms with Crippen molar-refractivity contribution in [1.29, 1.82) is 0 Å². The molecule has 0 spiro atoms. The molecule has 5 heteroatoms. The highest BCUT2D eigenvalue weighted by molar-refractivity contribution is 6.31. The number of cyclic esters (lactones) is 1. The van der Waals surface area contributed by atoms with Crippen molar-refractivity contribution in [1.82, 2.24) is 4.98 Å². The third kappa shape index (κ3) is 2.62. The standard InChI is InChI=1S/C16H12ClNO3/c1-20-12-4-2-10(3-5-12)13-9-21-16(19)15(13)11-6-7-18-14(17)8-11/h2-8H,9H2,1H3. The van der Waals surface area contributed by atoms with Gasteiger partial charge in [0.1, 0.15) is 17.5 Å². The quantitative estimate of drug-likeness (QED) is 0.645. The maximum Gasteiger partial charge on any atom is 0.339 e. The lowest BCUT2D eigenvalue weighted by molar-refractivity contribution is -0.133. The Morgan fingerprint density at radius 3 is 2.62 bits per heavy atom. The second-order valence-corrected chi connectivity index (χ2v) is 4.91. The molecule has 0 amide bonds. The Hall–Kier alpha value is -2.33. The number of carbonyl (C=O) groups excluding carboxylic acids is 1. The predicted octanol–water partition coefficient (Wildman–Crippen LogP) is 3.21. The summed E-state index contributed by atoms with van der Waals surface area (Å²) in [5.41, 5.74) is 3.00. The smallest absolute Gasteiger partial charge is 0.339 e. The van der Waals surface area contributed by atoms with Crippen molar-refractivity contribution in [3.63, 3.8) is 0 Å². The zero-order chi connectivity index (χ0) is 14.8. The second-order valence-electron chi connectivity index (χ2n) is 4.53. The normalized spacial score (nSPS) is 14.3. The van der Waals surface area contributed by atoms with E-state index in [1.54, 1.807) is 25.4 Å². The fraction of sp³-hybridized carbons (Fsp3) is 0.125. The molecule has 0 atom stereocenters. The molecule has 106 valence electrons. The van der Waals surface area contributed by atoms with E-state index in [-0.39, 0.29) is 12.6 Å². The number of hydrogen-bond donors (Lipinski definition) is 0. The van der Waals surface area contributed by atoms with E-state index in [4.69, 9.17) is 21.1 Å². The van der Waals surface area contributed by atoms with Gasteiger partial charge in [-0.2, -0.15) is 0 Å². The van der Waals surface area contributed by atoms with Crippen molar-refractivity contribution in [2.24, 2.45) is 0 Å². The number of ether oxygens (including phenoxy) is 2. The Labute approximate surface area is 127 Å². The Kier molecular flexibility index (Phi) is 3.62. The molecule has 0 saturated heterocycles. The minimum Gasteiger partial charge on any atom is -0.497 e. The number of rotatable bonds is 3. The van der Waals surface area contributed by atoms with Crippen LogP contribution < -0.4 is 4.74 Å². The largest absolute Gasteiger partial charge is 0.497 e. The van der Waals surface area contributed by atoms with Crippen LogP contribution in [0.2, 0.25) is 5.15 Å². The summed E-state index contributed by atoms with van der Waals surface area (Å²) in [7, 11) is 1.61. The maximum absolute atomic E-state index is 12.0. The highest BCUT2D eigenvalue weighted by atomic mass is 35.5. The molecule has 0 unspecified atom stereocenters. The molecule has 0 fully saturated rings. The van der Waals surface area contributed by atoms with E-state index in [1.807, 2.05) is 24.3 Å². The molecule has 4 nitrogen and oxygen atoms in total. The Balaban J connectivity index is 2.10. The lowest BCUT2D eigenvalue weighted by Gasteiger charge is -2.06. The first-order chi connectivity index (χ1) is 10.2. The van der Waals surface area contributed by atoms with Crippen molar-refractivity contribution in [3.05, 3.63) is 58.9 Å². The van der Waals surface area contributed by atoms with Gasteiger partial charge in [-0.15, -0.1) is 0 Å². The van der Waals surface area contributed by atoms with Crippen LogP contribution in [-0.4, -0.2) is 24.7 Å². The van der Waals surface area contributed by atoms with Crippen molar-refractivity contribution in [2.45, 2.75) is 0 Å². The van der Waals surface area contributed by atoms with Crippen LogP contribution in [0, 0.1) is 0 Å². The number of carbonyl (C=O) groups is 1. The summed E-state index contributed by atoms with van der Waals surface area (Å²) < 4.78 is 10.3. The number of hydrogen-bond acceptors (Lipinski definition) is 4. The zero-order valence-corrected chi connectivity index (χ0v) is 12.1. The molecule has 0 saturated carbocycles. The minimum atomic E-state index is -0.344. The summed E-state index contributed by atoms with van der Waals surface area (Å²) in [5, 5.41) is 0.341. The average molecular weight is 302 g/mol. The molecule has 21 heavy (non-hydrogen) atoms. The fourth-order valence-electron chi connectivity index (χ4n) is 2.28. The van der Waals surface area contributed by atoms with Crippen LogP contribution in [0.15, 0.2) is 42.6 Å². The van der Waals surface area contributed by atoms with E-state index < -0.39 is 0 Å². The number of methoxy groups -OCH3 is 1. The molecule has 1 aliphatic heterocycles. The Morgan fingerprint density at radius 2 is 1.95 bits per heavy atom. The molecule has 0 radical (unpaired) electrons. The van der Waals surface area contributed by atoms with Crippen LogP contribution in [0.3, 0.4) is 0 Å². The fourth-order valence-corrected chi connectivity index (χ4v) is 2.45. The summed E-state index contributed by atoms with van der Waals surface area (Å²) in [6.45, 7) is 0.250. The molecule has 1 aliphatic rings. The number of halogens is 1. The summed E-state index contributed by atoms with van der Waals surface area (Å²) in [5.74, 6) is 0.418. The molecule has 0 bridgehead atoms. The van der Waals surface area contributed by atoms with E-state index in [2.05, 4.69) is 4.98 Å². The number of pyridine rings is 1. The van der Waals surface area contributed by atoms with E-state index in [9.17, 15) is 4.79 Å². The predicted molar refractivity (Wildman–Crippen MR) is 80.0 cm³/mol. The van der Waals surface area contributed by atoms with Gasteiger partial charge >= 0.3 is 5.97 Å². The lowest BCUT2D eigenvalue weighted by atomic mass is 9.97. The van der Waals surface area contributed by atoms with Gasteiger partial charge in [0, 0.05) is 11.8 Å². The molecule has 1 aromatic heterocycles. The van der Waals surface area contributed by atoms with Gasteiger partial charge in [0.05, 0.1) is 12.7 Å². The van der Waals surface area contributed by atoms with Crippen molar-refractivity contribution in [2.75, 3.05) is 13.7 Å². The lowest BCUT2D eigenvalue weighted by Crippen LogP contribution is -1.98. The van der Waals surface area contributed by atoms with Gasteiger partial charge < -0.3 is 9.47 Å². The molecule has 1 aromatic carbocycles. The van der Waals surface area contributed by atoms with Gasteiger partial charge in [0.2, 0.25) is 0 Å². The molecule has 3 rings (SSSR count). The van der Waals surface area contributed by atoms with Crippen molar-refractivity contribution >= 4 is 28.7 Å². The summed E-state index contributed by atoms with van der Waals surface area (Å²) in [6.07, 6.45) is 1.57. The number of nitrogens with zero attached hydrogens (tertiary/aromatic N) is 1. The van der Waals surface area contributed by atoms with Crippen LogP contribution in [-0.2, 0) is 9.53 Å². The van der Waals surface area contributed by atoms with E-state index in [1.165, 1.54) is 0 Å². The number of aromatic nitrogens is 1. The Morgan fingerprint density at radius 1 is 1.19 bits per heavy atom. The van der Waals surface area contributed by atoms with E-state index >= 15 is 0 Å². The topological polar surface area (TPSA) is 48.4 Å². The van der Waals surface area contributed by atoms with Crippen LogP contribution in [0.4, 0.5) is 0 Å². The first-order valence-electron chi connectivity index (χ1n) is 6.35. The van der Waals surface area contributed by atoms with Crippen molar-refractivity contribution in [3.8, 4) is 5.75 Å². The monoisotopic (exact) mass is 301 g/mol. The van der Waals surface area contributed by atoms with Gasteiger partial charge in [-0.05, 0) is 35.4 Å². The summed E-state index contributed by atoms with van der Waals surface area (Å²) in [4.78, 5) is 16.0. The van der Waals surface area contributed by atoms with Gasteiger partial charge in [-0.25, -0.2) is 9.78 Å². The van der Waals surface area contributed by atoms with Gasteiger partial charge in [-0.3, -0.25) is 0 Å². The van der Waals surface area contributed by atoms with Gasteiger partial charge in [-0.1, -0.05) is 23.7 Å². The van der Waals surface area contributed by atoms with Crippen molar-refractivity contribution < 1.29 is 14.3 Å². The SMILES string of the molecule is COc1ccc(C2=C(c3ccnc(Cl)c3)C(=O)OC2)cc1. The molecule has 2 heterocycles. The van der Waals surface area contributed by atoms with Crippen LogP contribution in [0.25, 0.3) is 11.1 Å². The number of benzene rings is 1. The van der Waals surface area contributed by atoms with E-state index in [0.29, 0.717) is 16.3 Å². The zero-order valence-electron chi connectivity index (χ0n) is 11.3. The second kappa shape index (κ2) is 5.58. The average Bonchev–Trinajstić information content (AvgIpc) is 2.89. The maximum atomic E-state index is 12.0. The first kappa shape index (κ1) is 13.6. The first-order valence-corrected chi connectivity index (χ1v) is 6.73. The minimum absolute atomic E-state index is 0.250. The third-order valence-electron chi connectivity index (χ3n) is 3.31. The summed E-state index contributed by atoms with van der Waals surface area (Å²) in [6, 6.07) is 10.9. The van der Waals surface area contributed by atoms with Crippen LogP contribution >= 0.6 is 11.6 Å². The Bertz CT molecular complexity index is 723. The molecular weight excluding hydrogens is 290 g/mol. The third-order valence-corrected chi connectivity index (χ3v) is 3.51. The molecule has 0 aliphatic carbocycles.